The molecule has 2 rings (SSSR count). The number of nitrogens with zero attached hydrogens (tertiary/aromatic N) is 1. The maximum atomic E-state index is 11.3. The highest BCUT2D eigenvalue weighted by atomic mass is 16.2. The van der Waals surface area contributed by atoms with Gasteiger partial charge >= 0.3 is 5.69 Å². The predicted molar refractivity (Wildman–Crippen MR) is 65.3 cm³/mol. The van der Waals surface area contributed by atoms with Gasteiger partial charge in [-0.25, -0.2) is 4.79 Å². The van der Waals surface area contributed by atoms with Crippen molar-refractivity contribution in [2.24, 2.45) is 5.10 Å². The van der Waals surface area contributed by atoms with Gasteiger partial charge < -0.3 is 4.98 Å². The standard InChI is InChI=1S/C11H10N4O2/c16-10-8(6-12-11(17)14-10)7-13-15-9-4-2-1-3-5-9/h1-7,15H,(H2,12,14,16,17)/b13-7+. The number of anilines is 1. The van der Waals surface area contributed by atoms with Crippen LogP contribution in [0.15, 0.2) is 51.2 Å². The van der Waals surface area contributed by atoms with Crippen LogP contribution in [-0.4, -0.2) is 16.2 Å². The Balaban J connectivity index is 2.11. The Labute approximate surface area is 96.0 Å². The van der Waals surface area contributed by atoms with Crippen LogP contribution in [-0.2, 0) is 0 Å². The minimum atomic E-state index is -0.539. The Kier molecular flexibility index (Phi) is 3.15. The van der Waals surface area contributed by atoms with Gasteiger partial charge in [0.05, 0.1) is 17.5 Å². The lowest BCUT2D eigenvalue weighted by Gasteiger charge is -1.97. The number of hydrogen-bond acceptors (Lipinski definition) is 4. The maximum absolute atomic E-state index is 11.3. The van der Waals surface area contributed by atoms with E-state index in [0.29, 0.717) is 0 Å². The van der Waals surface area contributed by atoms with E-state index in [4.69, 9.17) is 0 Å². The van der Waals surface area contributed by atoms with E-state index in [0.717, 1.165) is 5.69 Å². The molecule has 0 unspecified atom stereocenters. The van der Waals surface area contributed by atoms with Crippen molar-refractivity contribution in [1.29, 1.82) is 0 Å². The van der Waals surface area contributed by atoms with Gasteiger partial charge in [0.1, 0.15) is 0 Å². The molecule has 0 atom stereocenters. The molecular formula is C11H10N4O2. The number of hydrazone groups is 1. The van der Waals surface area contributed by atoms with Gasteiger partial charge in [0.25, 0.3) is 5.56 Å². The molecule has 3 N–H and O–H groups in total. The minimum absolute atomic E-state index is 0.271. The molecule has 0 saturated carbocycles. The van der Waals surface area contributed by atoms with Crippen molar-refractivity contribution >= 4 is 11.9 Å². The average molecular weight is 230 g/mol. The highest BCUT2D eigenvalue weighted by molar-refractivity contribution is 5.79. The van der Waals surface area contributed by atoms with Crippen LogP contribution in [0.1, 0.15) is 5.56 Å². The first kappa shape index (κ1) is 10.9. The molecule has 86 valence electrons. The molecule has 0 fully saturated rings. The Morgan fingerprint density at radius 1 is 1.18 bits per heavy atom. The lowest BCUT2D eigenvalue weighted by atomic mass is 10.3. The first-order valence-corrected chi connectivity index (χ1v) is 4.92. The predicted octanol–water partition coefficient (Wildman–Crippen LogP) is 0.509. The quantitative estimate of drug-likeness (QED) is 0.530. The van der Waals surface area contributed by atoms with Crippen LogP contribution >= 0.6 is 0 Å². The van der Waals surface area contributed by atoms with Crippen LogP contribution in [0.2, 0.25) is 0 Å². The van der Waals surface area contributed by atoms with Gasteiger partial charge in [-0.15, -0.1) is 0 Å². The number of benzene rings is 1. The Bertz CT molecular complexity index is 628. The normalized spacial score (nSPS) is 10.6. The Morgan fingerprint density at radius 2 is 1.94 bits per heavy atom. The van der Waals surface area contributed by atoms with Crippen LogP contribution < -0.4 is 16.7 Å². The summed E-state index contributed by atoms with van der Waals surface area (Å²) >= 11 is 0. The zero-order chi connectivity index (χ0) is 12.1. The molecule has 17 heavy (non-hydrogen) atoms. The fraction of sp³-hybridized carbons (Fsp3) is 0. The average Bonchev–Trinajstić information content (AvgIpc) is 2.33. The number of hydrogen-bond donors (Lipinski definition) is 3. The Morgan fingerprint density at radius 3 is 2.65 bits per heavy atom. The molecule has 0 spiro atoms. The molecule has 1 aromatic heterocycles. The first-order valence-electron chi connectivity index (χ1n) is 4.92. The summed E-state index contributed by atoms with van der Waals surface area (Å²) in [7, 11) is 0. The van der Waals surface area contributed by atoms with Gasteiger partial charge in [-0.1, -0.05) is 18.2 Å². The van der Waals surface area contributed by atoms with Gasteiger partial charge in [0.2, 0.25) is 0 Å². The number of aromatic nitrogens is 2. The summed E-state index contributed by atoms with van der Waals surface area (Å²) in [5.74, 6) is 0. The summed E-state index contributed by atoms with van der Waals surface area (Å²) in [5.41, 5.74) is 2.82. The number of nitrogens with one attached hydrogen (secondary N) is 3. The third kappa shape index (κ3) is 2.91. The molecule has 0 bridgehead atoms. The minimum Gasteiger partial charge on any atom is -0.313 e. The molecule has 6 heteroatoms. The molecule has 0 aliphatic rings. The smallest absolute Gasteiger partial charge is 0.313 e. The fourth-order valence-corrected chi connectivity index (χ4v) is 1.21. The van der Waals surface area contributed by atoms with Crippen molar-refractivity contribution in [1.82, 2.24) is 9.97 Å². The third-order valence-corrected chi connectivity index (χ3v) is 2.02. The van der Waals surface area contributed by atoms with E-state index in [2.05, 4.69) is 20.5 Å². The van der Waals surface area contributed by atoms with E-state index >= 15 is 0 Å². The second-order valence-electron chi connectivity index (χ2n) is 3.26. The summed E-state index contributed by atoms with van der Waals surface area (Å²) in [6.07, 6.45) is 2.64. The number of para-hydroxylation sites is 1. The van der Waals surface area contributed by atoms with Gasteiger partial charge in [-0.3, -0.25) is 15.2 Å². The molecule has 2 aromatic rings. The van der Waals surface area contributed by atoms with Crippen molar-refractivity contribution in [2.75, 3.05) is 5.43 Å². The maximum Gasteiger partial charge on any atom is 0.325 e. The van der Waals surface area contributed by atoms with E-state index in [9.17, 15) is 9.59 Å². The second kappa shape index (κ2) is 4.93. The van der Waals surface area contributed by atoms with Gasteiger partial charge in [0.15, 0.2) is 0 Å². The lowest BCUT2D eigenvalue weighted by Crippen LogP contribution is -2.24. The Hall–Kier alpha value is -2.63. The van der Waals surface area contributed by atoms with E-state index in [1.807, 2.05) is 30.3 Å². The van der Waals surface area contributed by atoms with E-state index < -0.39 is 11.2 Å². The van der Waals surface area contributed by atoms with Crippen molar-refractivity contribution < 1.29 is 0 Å². The monoisotopic (exact) mass is 230 g/mol. The number of H-pyrrole nitrogens is 2. The molecule has 1 aromatic carbocycles. The van der Waals surface area contributed by atoms with Crippen molar-refractivity contribution in [3.05, 3.63) is 62.9 Å². The molecule has 6 nitrogen and oxygen atoms in total. The summed E-state index contributed by atoms with van der Waals surface area (Å²) in [6.45, 7) is 0. The zero-order valence-electron chi connectivity index (χ0n) is 8.81. The highest BCUT2D eigenvalue weighted by Crippen LogP contribution is 2.03. The van der Waals surface area contributed by atoms with Crippen LogP contribution in [0.25, 0.3) is 0 Å². The first-order chi connectivity index (χ1) is 8.25. The summed E-state index contributed by atoms with van der Waals surface area (Å²) in [5, 5.41) is 3.89. The van der Waals surface area contributed by atoms with Gasteiger partial charge in [-0.05, 0) is 12.1 Å². The van der Waals surface area contributed by atoms with Crippen LogP contribution in [0.4, 0.5) is 5.69 Å². The molecule has 0 amide bonds. The summed E-state index contributed by atoms with van der Waals surface area (Å²) < 4.78 is 0. The largest absolute Gasteiger partial charge is 0.325 e. The highest BCUT2D eigenvalue weighted by Gasteiger charge is 1.95. The number of aromatic amines is 2. The molecule has 0 saturated heterocycles. The number of rotatable bonds is 3. The fourth-order valence-electron chi connectivity index (χ4n) is 1.21. The van der Waals surface area contributed by atoms with Crippen LogP contribution in [0.5, 0.6) is 0 Å². The van der Waals surface area contributed by atoms with E-state index in [1.165, 1.54) is 12.4 Å². The molecule has 0 aliphatic heterocycles. The van der Waals surface area contributed by atoms with Crippen molar-refractivity contribution in [2.45, 2.75) is 0 Å². The van der Waals surface area contributed by atoms with E-state index in [-0.39, 0.29) is 5.56 Å². The van der Waals surface area contributed by atoms with Crippen molar-refractivity contribution in [3.8, 4) is 0 Å². The summed E-state index contributed by atoms with van der Waals surface area (Å²) in [6, 6.07) is 9.31. The lowest BCUT2D eigenvalue weighted by molar-refractivity contribution is 1.03. The topological polar surface area (TPSA) is 90.1 Å². The third-order valence-electron chi connectivity index (χ3n) is 2.02. The van der Waals surface area contributed by atoms with Crippen LogP contribution in [0, 0.1) is 0 Å². The van der Waals surface area contributed by atoms with E-state index in [1.54, 1.807) is 0 Å². The molecule has 1 heterocycles. The second-order valence-corrected chi connectivity index (χ2v) is 3.26. The molecule has 0 radical (unpaired) electrons. The molecule has 0 aliphatic carbocycles. The van der Waals surface area contributed by atoms with Gasteiger partial charge in [0, 0.05) is 6.20 Å². The molecular weight excluding hydrogens is 220 g/mol. The van der Waals surface area contributed by atoms with Crippen LogP contribution in [0.3, 0.4) is 0 Å². The van der Waals surface area contributed by atoms with Gasteiger partial charge in [-0.2, -0.15) is 5.10 Å². The zero-order valence-corrected chi connectivity index (χ0v) is 8.81. The SMILES string of the molecule is O=c1[nH]cc(/C=N/Nc2ccccc2)c(=O)[nH]1. The van der Waals surface area contributed by atoms with Crippen molar-refractivity contribution in [3.63, 3.8) is 0 Å². The summed E-state index contributed by atoms with van der Waals surface area (Å²) in [4.78, 5) is 26.5.